The van der Waals surface area contributed by atoms with Crippen LogP contribution in [0.5, 0.6) is 0 Å². The van der Waals surface area contributed by atoms with Gasteiger partial charge >= 0.3 is 0 Å². The molecule has 1 amide bonds. The number of thiocarbonyl (C=S) groups is 1. The van der Waals surface area contributed by atoms with Crippen LogP contribution in [0.2, 0.25) is 0 Å². The molecule has 0 radical (unpaired) electrons. The summed E-state index contributed by atoms with van der Waals surface area (Å²) in [5.41, 5.74) is 6.17. The number of nitrogens with zero attached hydrogens (tertiary/aromatic N) is 3. The molecule has 156 valence electrons. The molecule has 1 fully saturated rings. The lowest BCUT2D eigenvalue weighted by Crippen LogP contribution is -2.42. The maximum Gasteiger partial charge on any atom is 0.293 e. The van der Waals surface area contributed by atoms with Crippen molar-refractivity contribution < 1.29 is 14.6 Å². The molecule has 30 heavy (non-hydrogen) atoms. The summed E-state index contributed by atoms with van der Waals surface area (Å²) in [4.78, 5) is 35.4. The third-order valence-corrected chi connectivity index (χ3v) is 4.71. The van der Waals surface area contributed by atoms with Gasteiger partial charge in [-0.05, 0) is 49.3 Å². The van der Waals surface area contributed by atoms with Crippen molar-refractivity contribution in [1.82, 2.24) is 10.7 Å². The van der Waals surface area contributed by atoms with E-state index in [-0.39, 0.29) is 22.1 Å². The fourth-order valence-electron chi connectivity index (χ4n) is 3.04. The number of nitrogens with one attached hydrogen (secondary N) is 3. The molecule has 0 spiro atoms. The van der Waals surface area contributed by atoms with Crippen LogP contribution in [0.4, 0.5) is 22.7 Å². The molecule has 12 heteroatoms. The van der Waals surface area contributed by atoms with Gasteiger partial charge in [0, 0.05) is 36.9 Å². The van der Waals surface area contributed by atoms with Crippen LogP contribution in [0, 0.1) is 20.2 Å². The number of hydrazine groups is 1. The summed E-state index contributed by atoms with van der Waals surface area (Å²) in [5.74, 6) is -0.603. The molecule has 0 bridgehead atoms. The maximum absolute atomic E-state index is 12.4. The van der Waals surface area contributed by atoms with E-state index in [2.05, 4.69) is 16.2 Å². The standard InChI is InChI=1S/C18H18N6O5S/c25-17(19-18(30)21-20-13-4-6-14(7-5-13)23(26)27)12-3-8-15(16(11-12)24(28)29)22-9-1-2-10-22/h3-8,11,20H,1-2,9-10H2,(H2,19,21,25,30). The first kappa shape index (κ1) is 20.9. The third-order valence-electron chi connectivity index (χ3n) is 4.51. The summed E-state index contributed by atoms with van der Waals surface area (Å²) < 4.78 is 0. The molecule has 0 atom stereocenters. The Morgan fingerprint density at radius 2 is 1.67 bits per heavy atom. The molecule has 0 aromatic heterocycles. The summed E-state index contributed by atoms with van der Waals surface area (Å²) in [6, 6.07) is 9.88. The van der Waals surface area contributed by atoms with Crippen LogP contribution in [0.1, 0.15) is 23.2 Å². The van der Waals surface area contributed by atoms with Crippen molar-refractivity contribution in [3.8, 4) is 0 Å². The number of amides is 1. The Bertz CT molecular complexity index is 991. The van der Waals surface area contributed by atoms with E-state index < -0.39 is 15.8 Å². The number of rotatable bonds is 6. The topological polar surface area (TPSA) is 143 Å². The average Bonchev–Trinajstić information content (AvgIpc) is 3.26. The van der Waals surface area contributed by atoms with Gasteiger partial charge in [-0.1, -0.05) is 0 Å². The first-order chi connectivity index (χ1) is 14.3. The summed E-state index contributed by atoms with van der Waals surface area (Å²) in [6.07, 6.45) is 1.95. The van der Waals surface area contributed by atoms with E-state index in [4.69, 9.17) is 12.2 Å². The predicted octanol–water partition coefficient (Wildman–Crippen LogP) is 2.73. The molecule has 3 N–H and O–H groups in total. The second-order valence-corrected chi connectivity index (χ2v) is 6.90. The average molecular weight is 430 g/mol. The lowest BCUT2D eigenvalue weighted by Gasteiger charge is -2.18. The Labute approximate surface area is 176 Å². The molecule has 0 unspecified atom stereocenters. The zero-order valence-corrected chi connectivity index (χ0v) is 16.5. The number of nitro groups is 2. The van der Waals surface area contributed by atoms with Gasteiger partial charge in [-0.25, -0.2) is 0 Å². The minimum absolute atomic E-state index is 0.0598. The Kier molecular flexibility index (Phi) is 6.37. The summed E-state index contributed by atoms with van der Waals surface area (Å²) in [5, 5.41) is 24.5. The Balaban J connectivity index is 1.61. The molecular weight excluding hydrogens is 412 g/mol. The first-order valence-electron chi connectivity index (χ1n) is 9.00. The minimum atomic E-state index is -0.603. The molecule has 1 aliphatic rings. The van der Waals surface area contributed by atoms with Gasteiger partial charge in [0.1, 0.15) is 5.69 Å². The smallest absolute Gasteiger partial charge is 0.293 e. The number of benzene rings is 2. The molecule has 0 aliphatic carbocycles. The fourth-order valence-corrected chi connectivity index (χ4v) is 3.18. The second kappa shape index (κ2) is 9.13. The van der Waals surface area contributed by atoms with Gasteiger partial charge in [0.05, 0.1) is 15.5 Å². The summed E-state index contributed by atoms with van der Waals surface area (Å²) in [6.45, 7) is 1.49. The number of carbonyl (C=O) groups is 1. The van der Waals surface area contributed by atoms with Gasteiger partial charge in [-0.15, -0.1) is 0 Å². The van der Waals surface area contributed by atoms with Gasteiger partial charge in [0.25, 0.3) is 17.3 Å². The Morgan fingerprint density at radius 3 is 2.27 bits per heavy atom. The normalized spacial score (nSPS) is 12.9. The quantitative estimate of drug-likeness (QED) is 0.358. The van der Waals surface area contributed by atoms with Crippen LogP contribution < -0.4 is 21.1 Å². The maximum atomic E-state index is 12.4. The highest BCUT2D eigenvalue weighted by Gasteiger charge is 2.24. The van der Waals surface area contributed by atoms with Crippen molar-refractivity contribution in [2.75, 3.05) is 23.4 Å². The molecule has 1 aliphatic heterocycles. The fraction of sp³-hybridized carbons (Fsp3) is 0.222. The minimum Gasteiger partial charge on any atom is -0.366 e. The lowest BCUT2D eigenvalue weighted by atomic mass is 10.1. The summed E-state index contributed by atoms with van der Waals surface area (Å²) >= 11 is 5.04. The third kappa shape index (κ3) is 4.97. The molecule has 1 heterocycles. The lowest BCUT2D eigenvalue weighted by molar-refractivity contribution is -0.384. The van der Waals surface area contributed by atoms with E-state index in [1.165, 1.54) is 36.4 Å². The number of hydrogen-bond donors (Lipinski definition) is 3. The zero-order chi connectivity index (χ0) is 21.7. The van der Waals surface area contributed by atoms with Crippen molar-refractivity contribution in [1.29, 1.82) is 0 Å². The van der Waals surface area contributed by atoms with Gasteiger partial charge in [0.2, 0.25) is 0 Å². The van der Waals surface area contributed by atoms with Crippen molar-refractivity contribution in [2.45, 2.75) is 12.8 Å². The highest BCUT2D eigenvalue weighted by atomic mass is 32.1. The predicted molar refractivity (Wildman–Crippen MR) is 114 cm³/mol. The number of carbonyl (C=O) groups excluding carboxylic acids is 1. The van der Waals surface area contributed by atoms with Gasteiger partial charge < -0.3 is 4.90 Å². The SMILES string of the molecule is O=C(NC(=S)NNc1ccc([N+](=O)[O-])cc1)c1ccc(N2CCCC2)c([N+](=O)[O-])c1. The molecular formula is C18H18N6O5S. The highest BCUT2D eigenvalue weighted by Crippen LogP contribution is 2.31. The van der Waals surface area contributed by atoms with E-state index in [1.54, 1.807) is 6.07 Å². The Morgan fingerprint density at radius 1 is 1.00 bits per heavy atom. The van der Waals surface area contributed by atoms with E-state index >= 15 is 0 Å². The second-order valence-electron chi connectivity index (χ2n) is 6.49. The Hall–Kier alpha value is -3.80. The van der Waals surface area contributed by atoms with Crippen LogP contribution in [-0.4, -0.2) is 34.0 Å². The molecule has 11 nitrogen and oxygen atoms in total. The van der Waals surface area contributed by atoms with Gasteiger partial charge in [-0.2, -0.15) is 0 Å². The number of anilines is 2. The van der Waals surface area contributed by atoms with Crippen molar-refractivity contribution in [2.24, 2.45) is 0 Å². The van der Waals surface area contributed by atoms with Gasteiger partial charge in [0.15, 0.2) is 5.11 Å². The molecule has 2 aromatic carbocycles. The largest absolute Gasteiger partial charge is 0.366 e. The van der Waals surface area contributed by atoms with E-state index in [9.17, 15) is 25.0 Å². The van der Waals surface area contributed by atoms with Gasteiger partial charge in [-0.3, -0.25) is 41.2 Å². The molecule has 1 saturated heterocycles. The monoisotopic (exact) mass is 430 g/mol. The van der Waals surface area contributed by atoms with Crippen molar-refractivity contribution in [3.63, 3.8) is 0 Å². The molecule has 2 aromatic rings. The van der Waals surface area contributed by atoms with E-state index in [0.29, 0.717) is 11.4 Å². The number of non-ortho nitro benzene ring substituents is 1. The summed E-state index contributed by atoms with van der Waals surface area (Å²) in [7, 11) is 0. The van der Waals surface area contributed by atoms with Crippen molar-refractivity contribution >= 4 is 46.0 Å². The first-order valence-corrected chi connectivity index (χ1v) is 9.41. The van der Waals surface area contributed by atoms with E-state index in [0.717, 1.165) is 25.9 Å². The van der Waals surface area contributed by atoms with Crippen LogP contribution in [0.3, 0.4) is 0 Å². The zero-order valence-electron chi connectivity index (χ0n) is 15.7. The number of nitro benzene ring substituents is 2. The van der Waals surface area contributed by atoms with Crippen LogP contribution >= 0.6 is 12.2 Å². The highest BCUT2D eigenvalue weighted by molar-refractivity contribution is 7.80. The molecule has 0 saturated carbocycles. The van der Waals surface area contributed by atoms with E-state index in [1.807, 2.05) is 4.90 Å². The van der Waals surface area contributed by atoms with Crippen LogP contribution in [0.15, 0.2) is 42.5 Å². The number of hydrogen-bond acceptors (Lipinski definition) is 8. The van der Waals surface area contributed by atoms with Crippen molar-refractivity contribution in [3.05, 3.63) is 68.3 Å². The van der Waals surface area contributed by atoms with Crippen LogP contribution in [0.25, 0.3) is 0 Å². The van der Waals surface area contributed by atoms with Crippen LogP contribution in [-0.2, 0) is 0 Å². The molecule has 3 rings (SSSR count).